The smallest absolute Gasteiger partial charge is 0.256 e. The second kappa shape index (κ2) is 7.59. The van der Waals surface area contributed by atoms with Crippen molar-refractivity contribution in [3.63, 3.8) is 0 Å². The number of carbonyl (C=O) groups excluding carboxylic acids is 1. The Morgan fingerprint density at radius 2 is 1.88 bits per heavy atom. The summed E-state index contributed by atoms with van der Waals surface area (Å²) in [4.78, 5) is 17.1. The molecule has 1 aromatic heterocycles. The van der Waals surface area contributed by atoms with Gasteiger partial charge >= 0.3 is 0 Å². The summed E-state index contributed by atoms with van der Waals surface area (Å²) in [5, 5.41) is 3.61. The average Bonchev–Trinajstić information content (AvgIpc) is 2.99. The van der Waals surface area contributed by atoms with Crippen LogP contribution in [0.15, 0.2) is 58.9 Å². The molecule has 0 unspecified atom stereocenters. The fourth-order valence-corrected chi connectivity index (χ4v) is 4.10. The van der Waals surface area contributed by atoms with E-state index < -0.39 is 0 Å². The number of amides is 1. The van der Waals surface area contributed by atoms with Gasteiger partial charge in [-0.1, -0.05) is 60.4 Å². The SMILES string of the molecule is CCSc1nc(-c2ccccc2)c(NC(=O)c2ccc(F)cc2)s1. The van der Waals surface area contributed by atoms with Gasteiger partial charge in [0.2, 0.25) is 0 Å². The first kappa shape index (κ1) is 16.7. The summed E-state index contributed by atoms with van der Waals surface area (Å²) in [6.45, 7) is 2.06. The number of nitrogens with zero attached hydrogens (tertiary/aromatic N) is 1. The molecule has 24 heavy (non-hydrogen) atoms. The fraction of sp³-hybridized carbons (Fsp3) is 0.111. The predicted octanol–water partition coefficient (Wildman–Crippen LogP) is 5.31. The van der Waals surface area contributed by atoms with E-state index in [9.17, 15) is 9.18 Å². The molecule has 122 valence electrons. The van der Waals surface area contributed by atoms with Crippen molar-refractivity contribution in [1.82, 2.24) is 4.98 Å². The lowest BCUT2D eigenvalue weighted by Gasteiger charge is -2.05. The number of anilines is 1. The molecular formula is C18H15FN2OS2. The first-order chi connectivity index (χ1) is 11.7. The summed E-state index contributed by atoms with van der Waals surface area (Å²) < 4.78 is 13.9. The lowest BCUT2D eigenvalue weighted by atomic mass is 10.1. The zero-order chi connectivity index (χ0) is 16.9. The summed E-state index contributed by atoms with van der Waals surface area (Å²) in [7, 11) is 0. The zero-order valence-corrected chi connectivity index (χ0v) is 14.6. The Bertz CT molecular complexity index is 832. The van der Waals surface area contributed by atoms with Crippen molar-refractivity contribution in [2.24, 2.45) is 0 Å². The molecule has 0 saturated carbocycles. The van der Waals surface area contributed by atoms with Crippen LogP contribution in [0.1, 0.15) is 17.3 Å². The van der Waals surface area contributed by atoms with Crippen molar-refractivity contribution in [3.05, 3.63) is 66.0 Å². The number of thiazole rings is 1. The summed E-state index contributed by atoms with van der Waals surface area (Å²) in [5.41, 5.74) is 2.12. The molecule has 0 bridgehead atoms. The van der Waals surface area contributed by atoms with Gasteiger partial charge in [-0.2, -0.15) is 0 Å². The number of aromatic nitrogens is 1. The number of carbonyl (C=O) groups is 1. The number of hydrogen-bond acceptors (Lipinski definition) is 4. The minimum atomic E-state index is -0.365. The van der Waals surface area contributed by atoms with Gasteiger partial charge in [0.25, 0.3) is 5.91 Å². The van der Waals surface area contributed by atoms with Gasteiger partial charge in [0.05, 0.1) is 0 Å². The highest BCUT2D eigenvalue weighted by atomic mass is 32.2. The molecule has 0 aliphatic heterocycles. The van der Waals surface area contributed by atoms with E-state index >= 15 is 0 Å². The van der Waals surface area contributed by atoms with Crippen LogP contribution in [0, 0.1) is 5.82 Å². The van der Waals surface area contributed by atoms with Crippen molar-refractivity contribution in [1.29, 1.82) is 0 Å². The predicted molar refractivity (Wildman–Crippen MR) is 98.3 cm³/mol. The van der Waals surface area contributed by atoms with Gasteiger partial charge in [-0.25, -0.2) is 9.37 Å². The molecule has 1 amide bonds. The first-order valence-corrected chi connectivity index (χ1v) is 9.23. The summed E-state index contributed by atoms with van der Waals surface area (Å²) in [6, 6.07) is 15.2. The first-order valence-electron chi connectivity index (χ1n) is 7.43. The second-order valence-corrected chi connectivity index (χ2v) is 7.43. The highest BCUT2D eigenvalue weighted by molar-refractivity contribution is 8.01. The van der Waals surface area contributed by atoms with Crippen molar-refractivity contribution >= 4 is 34.0 Å². The summed E-state index contributed by atoms with van der Waals surface area (Å²) >= 11 is 3.09. The van der Waals surface area contributed by atoms with Crippen molar-refractivity contribution in [2.75, 3.05) is 11.1 Å². The molecule has 0 atom stereocenters. The molecule has 0 aliphatic carbocycles. The molecule has 0 radical (unpaired) electrons. The van der Waals surface area contributed by atoms with Crippen LogP contribution in [0.3, 0.4) is 0 Å². The van der Waals surface area contributed by atoms with Crippen molar-refractivity contribution < 1.29 is 9.18 Å². The van der Waals surface area contributed by atoms with E-state index in [0.29, 0.717) is 10.6 Å². The van der Waals surface area contributed by atoms with Crippen LogP contribution < -0.4 is 5.32 Å². The van der Waals surface area contributed by atoms with Gasteiger partial charge in [0.15, 0.2) is 4.34 Å². The highest BCUT2D eigenvalue weighted by Gasteiger charge is 2.16. The minimum absolute atomic E-state index is 0.274. The second-order valence-electron chi connectivity index (χ2n) is 4.92. The molecule has 6 heteroatoms. The Morgan fingerprint density at radius 1 is 1.17 bits per heavy atom. The van der Waals surface area contributed by atoms with Crippen LogP contribution >= 0.6 is 23.1 Å². The number of rotatable bonds is 5. The van der Waals surface area contributed by atoms with Crippen LogP contribution in [0.2, 0.25) is 0 Å². The third kappa shape index (κ3) is 3.83. The lowest BCUT2D eigenvalue weighted by Crippen LogP contribution is -2.11. The normalized spacial score (nSPS) is 10.6. The van der Waals surface area contributed by atoms with Crippen LogP contribution in [-0.4, -0.2) is 16.6 Å². The topological polar surface area (TPSA) is 42.0 Å². The monoisotopic (exact) mass is 358 g/mol. The Hall–Kier alpha value is -2.18. The lowest BCUT2D eigenvalue weighted by molar-refractivity contribution is 0.102. The van der Waals surface area contributed by atoms with Gasteiger partial charge in [0, 0.05) is 11.1 Å². The molecule has 3 aromatic rings. The molecule has 0 spiro atoms. The third-order valence-electron chi connectivity index (χ3n) is 3.26. The van der Waals surface area contributed by atoms with Gasteiger partial charge < -0.3 is 5.32 Å². The minimum Gasteiger partial charge on any atom is -0.312 e. The fourth-order valence-electron chi connectivity index (χ4n) is 2.14. The maximum Gasteiger partial charge on any atom is 0.256 e. The Morgan fingerprint density at radius 3 is 2.54 bits per heavy atom. The van der Waals surface area contributed by atoms with Gasteiger partial charge in [-0.15, -0.1) is 0 Å². The van der Waals surface area contributed by atoms with E-state index in [4.69, 9.17) is 0 Å². The molecule has 0 fully saturated rings. The summed E-state index contributed by atoms with van der Waals surface area (Å²) in [6.07, 6.45) is 0. The Labute approximate surface area is 148 Å². The quantitative estimate of drug-likeness (QED) is 0.628. The average molecular weight is 358 g/mol. The number of halogens is 1. The standard InChI is InChI=1S/C18H15FN2OS2/c1-2-23-18-20-15(12-6-4-3-5-7-12)17(24-18)21-16(22)13-8-10-14(19)11-9-13/h3-11H,2H2,1H3,(H,21,22). The van der Waals surface area contributed by atoms with Gasteiger partial charge in [-0.05, 0) is 30.0 Å². The number of hydrogen-bond donors (Lipinski definition) is 1. The van der Waals surface area contributed by atoms with E-state index in [0.717, 1.165) is 21.3 Å². The molecule has 3 nitrogen and oxygen atoms in total. The van der Waals surface area contributed by atoms with Crippen LogP contribution in [-0.2, 0) is 0 Å². The maximum atomic E-state index is 13.0. The van der Waals surface area contributed by atoms with Gasteiger partial charge in [-0.3, -0.25) is 4.79 Å². The highest BCUT2D eigenvalue weighted by Crippen LogP contribution is 2.37. The van der Waals surface area contributed by atoms with Crippen LogP contribution in [0.25, 0.3) is 11.3 Å². The van der Waals surface area contributed by atoms with E-state index in [-0.39, 0.29) is 11.7 Å². The molecule has 1 heterocycles. The number of benzene rings is 2. The third-order valence-corrected chi connectivity index (χ3v) is 5.25. The maximum absolute atomic E-state index is 13.0. The number of thioether (sulfide) groups is 1. The zero-order valence-electron chi connectivity index (χ0n) is 13.0. The van der Waals surface area contributed by atoms with E-state index in [1.807, 2.05) is 30.3 Å². The molecule has 1 N–H and O–H groups in total. The molecule has 0 saturated heterocycles. The Kier molecular flexibility index (Phi) is 5.27. The molecule has 0 aliphatic rings. The van der Waals surface area contributed by atoms with E-state index in [2.05, 4.69) is 17.2 Å². The summed E-state index contributed by atoms with van der Waals surface area (Å²) in [5.74, 6) is 0.271. The molecule has 3 rings (SSSR count). The van der Waals surface area contributed by atoms with Crippen LogP contribution in [0.4, 0.5) is 9.39 Å². The Balaban J connectivity index is 1.91. The van der Waals surface area contributed by atoms with E-state index in [1.165, 1.54) is 35.6 Å². The van der Waals surface area contributed by atoms with Crippen molar-refractivity contribution in [3.8, 4) is 11.3 Å². The van der Waals surface area contributed by atoms with Crippen molar-refractivity contribution in [2.45, 2.75) is 11.3 Å². The molecule has 2 aromatic carbocycles. The van der Waals surface area contributed by atoms with E-state index in [1.54, 1.807) is 11.8 Å². The largest absolute Gasteiger partial charge is 0.312 e. The molecular weight excluding hydrogens is 343 g/mol. The van der Waals surface area contributed by atoms with Crippen LogP contribution in [0.5, 0.6) is 0 Å². The van der Waals surface area contributed by atoms with Gasteiger partial charge in [0.1, 0.15) is 16.5 Å². The number of nitrogens with one attached hydrogen (secondary N) is 1.